The van der Waals surface area contributed by atoms with Gasteiger partial charge < -0.3 is 32.3 Å². The standard InChI is InChI=1S/C23H28N6O5/c1-2-12(3-8-15-11-26-20-18(15)19(24)28-23(25)29-20)13-4-6-14(7-5-13)21(32)27-16(22(33)34)9-10-17(30)31/h2,4-7,12,15-16H,1,3,8-11H2,(H,27,32)(H,30,31)(H,33,34)(H5,24,25,26,28,29)/t12?,15?,16-/m0/s1. The van der Waals surface area contributed by atoms with Crippen LogP contribution >= 0.6 is 0 Å². The minimum atomic E-state index is -1.28. The van der Waals surface area contributed by atoms with Crippen LogP contribution in [-0.2, 0) is 9.59 Å². The molecule has 1 aliphatic heterocycles. The summed E-state index contributed by atoms with van der Waals surface area (Å²) in [4.78, 5) is 42.7. The fraction of sp³-hybridized carbons (Fsp3) is 0.348. The van der Waals surface area contributed by atoms with Gasteiger partial charge in [-0.25, -0.2) is 4.79 Å². The Hall–Kier alpha value is -4.15. The average Bonchev–Trinajstić information content (AvgIpc) is 3.20. The van der Waals surface area contributed by atoms with Gasteiger partial charge in [0, 0.05) is 35.9 Å². The number of amides is 1. The molecule has 0 fully saturated rings. The number of rotatable bonds is 11. The Kier molecular flexibility index (Phi) is 7.67. The summed E-state index contributed by atoms with van der Waals surface area (Å²) in [6.45, 7) is 4.62. The van der Waals surface area contributed by atoms with Crippen molar-refractivity contribution in [1.29, 1.82) is 0 Å². The molecular weight excluding hydrogens is 440 g/mol. The highest BCUT2D eigenvalue weighted by molar-refractivity contribution is 5.96. The number of allylic oxidation sites excluding steroid dienone is 1. The minimum Gasteiger partial charge on any atom is -0.481 e. The van der Waals surface area contributed by atoms with E-state index < -0.39 is 23.9 Å². The number of aliphatic carboxylic acids is 2. The molecule has 2 unspecified atom stereocenters. The van der Waals surface area contributed by atoms with Crippen molar-refractivity contribution in [2.75, 3.05) is 23.3 Å². The maximum Gasteiger partial charge on any atom is 0.326 e. The third-order valence-corrected chi connectivity index (χ3v) is 5.88. The van der Waals surface area contributed by atoms with E-state index in [9.17, 15) is 19.5 Å². The zero-order valence-corrected chi connectivity index (χ0v) is 18.5. The maximum atomic E-state index is 12.4. The second-order valence-corrected chi connectivity index (χ2v) is 8.15. The fourth-order valence-electron chi connectivity index (χ4n) is 4.06. The first-order valence-corrected chi connectivity index (χ1v) is 10.8. The Labute approximate surface area is 196 Å². The number of nitrogens with one attached hydrogen (secondary N) is 2. The summed E-state index contributed by atoms with van der Waals surface area (Å²) in [6, 6.07) is 5.54. The molecule has 1 amide bonds. The lowest BCUT2D eigenvalue weighted by Crippen LogP contribution is -2.41. The number of carboxylic acids is 2. The van der Waals surface area contributed by atoms with Gasteiger partial charge in [-0.1, -0.05) is 18.2 Å². The average molecular weight is 469 g/mol. The van der Waals surface area contributed by atoms with Crippen LogP contribution in [0.25, 0.3) is 0 Å². The Balaban J connectivity index is 1.62. The number of hydrogen-bond donors (Lipinski definition) is 6. The predicted molar refractivity (Wildman–Crippen MR) is 126 cm³/mol. The largest absolute Gasteiger partial charge is 0.481 e. The lowest BCUT2D eigenvalue weighted by molar-refractivity contribution is -0.140. The van der Waals surface area contributed by atoms with E-state index in [-0.39, 0.29) is 36.2 Å². The molecular formula is C23H28N6O5. The van der Waals surface area contributed by atoms with Gasteiger partial charge in [-0.3, -0.25) is 9.59 Å². The van der Waals surface area contributed by atoms with Crippen molar-refractivity contribution in [3.05, 3.63) is 53.6 Å². The fourth-order valence-corrected chi connectivity index (χ4v) is 4.06. The van der Waals surface area contributed by atoms with Gasteiger partial charge in [0.2, 0.25) is 5.95 Å². The molecule has 8 N–H and O–H groups in total. The number of nitrogens with zero attached hydrogens (tertiary/aromatic N) is 2. The van der Waals surface area contributed by atoms with Crippen molar-refractivity contribution < 1.29 is 24.6 Å². The first-order valence-electron chi connectivity index (χ1n) is 10.8. The van der Waals surface area contributed by atoms with Crippen molar-refractivity contribution in [3.8, 4) is 0 Å². The Bertz CT molecular complexity index is 1090. The van der Waals surface area contributed by atoms with Crippen LogP contribution in [0.2, 0.25) is 0 Å². The van der Waals surface area contributed by atoms with Gasteiger partial charge in [-0.2, -0.15) is 9.97 Å². The summed E-state index contributed by atoms with van der Waals surface area (Å²) in [6.07, 6.45) is 2.87. The molecule has 11 heteroatoms. The van der Waals surface area contributed by atoms with Crippen LogP contribution in [0.5, 0.6) is 0 Å². The normalized spacial score (nSPS) is 16.1. The number of hydrogen-bond acceptors (Lipinski definition) is 8. The smallest absolute Gasteiger partial charge is 0.326 e. The quantitative estimate of drug-likeness (QED) is 0.265. The third-order valence-electron chi connectivity index (χ3n) is 5.88. The molecule has 0 bridgehead atoms. The molecule has 0 radical (unpaired) electrons. The van der Waals surface area contributed by atoms with E-state index in [0.717, 1.165) is 24.0 Å². The van der Waals surface area contributed by atoms with E-state index >= 15 is 0 Å². The van der Waals surface area contributed by atoms with Gasteiger partial charge >= 0.3 is 11.9 Å². The lowest BCUT2D eigenvalue weighted by Gasteiger charge is -2.17. The van der Waals surface area contributed by atoms with Crippen molar-refractivity contribution in [2.45, 2.75) is 43.6 Å². The second kappa shape index (κ2) is 10.6. The lowest BCUT2D eigenvalue weighted by atomic mass is 9.88. The Morgan fingerprint density at radius 2 is 1.88 bits per heavy atom. The molecule has 3 rings (SSSR count). The number of carboxylic acid groups (broad SMARTS) is 2. The highest BCUT2D eigenvalue weighted by atomic mass is 16.4. The van der Waals surface area contributed by atoms with Gasteiger partial charge in [0.1, 0.15) is 17.7 Å². The van der Waals surface area contributed by atoms with Gasteiger partial charge in [-0.15, -0.1) is 6.58 Å². The van der Waals surface area contributed by atoms with Crippen LogP contribution in [-0.4, -0.2) is 50.6 Å². The van der Waals surface area contributed by atoms with Crippen LogP contribution in [0.1, 0.15) is 59.0 Å². The summed E-state index contributed by atoms with van der Waals surface area (Å²) >= 11 is 0. The topological polar surface area (TPSA) is 194 Å². The molecule has 0 spiro atoms. The number of aromatic nitrogens is 2. The van der Waals surface area contributed by atoms with Crippen LogP contribution in [0.15, 0.2) is 36.9 Å². The van der Waals surface area contributed by atoms with Gasteiger partial charge in [0.05, 0.1) is 0 Å². The maximum absolute atomic E-state index is 12.4. The molecule has 34 heavy (non-hydrogen) atoms. The second-order valence-electron chi connectivity index (χ2n) is 8.15. The number of benzene rings is 1. The molecule has 0 saturated heterocycles. The summed E-state index contributed by atoms with van der Waals surface area (Å²) < 4.78 is 0. The summed E-state index contributed by atoms with van der Waals surface area (Å²) in [5, 5.41) is 23.6. The molecule has 3 atom stereocenters. The zero-order chi connectivity index (χ0) is 24.8. The van der Waals surface area contributed by atoms with Crippen molar-refractivity contribution in [1.82, 2.24) is 15.3 Å². The van der Waals surface area contributed by atoms with Crippen molar-refractivity contribution >= 4 is 35.4 Å². The van der Waals surface area contributed by atoms with Crippen molar-refractivity contribution in [3.63, 3.8) is 0 Å². The molecule has 180 valence electrons. The third kappa shape index (κ3) is 5.80. The molecule has 2 aromatic rings. The van der Waals surface area contributed by atoms with E-state index in [1.165, 1.54) is 0 Å². The molecule has 2 heterocycles. The monoisotopic (exact) mass is 468 g/mol. The highest BCUT2D eigenvalue weighted by Crippen LogP contribution is 2.38. The van der Waals surface area contributed by atoms with Gasteiger partial charge in [-0.05, 0) is 37.0 Å². The Morgan fingerprint density at radius 1 is 1.18 bits per heavy atom. The molecule has 0 aliphatic carbocycles. The molecule has 11 nitrogen and oxygen atoms in total. The molecule has 1 aromatic carbocycles. The number of anilines is 3. The van der Waals surface area contributed by atoms with Gasteiger partial charge in [0.15, 0.2) is 0 Å². The van der Waals surface area contributed by atoms with Crippen LogP contribution < -0.4 is 22.1 Å². The van der Waals surface area contributed by atoms with E-state index in [4.69, 9.17) is 16.6 Å². The number of carbonyl (C=O) groups is 3. The van der Waals surface area contributed by atoms with E-state index in [0.29, 0.717) is 18.2 Å². The molecule has 0 saturated carbocycles. The zero-order valence-electron chi connectivity index (χ0n) is 18.5. The van der Waals surface area contributed by atoms with Gasteiger partial charge in [0.25, 0.3) is 5.91 Å². The molecule has 1 aromatic heterocycles. The van der Waals surface area contributed by atoms with E-state index in [2.05, 4.69) is 27.2 Å². The number of carbonyl (C=O) groups excluding carboxylic acids is 1. The summed E-state index contributed by atoms with van der Waals surface area (Å²) in [5.74, 6) is -1.64. The van der Waals surface area contributed by atoms with E-state index in [1.54, 1.807) is 24.3 Å². The highest BCUT2D eigenvalue weighted by Gasteiger charge is 2.28. The SMILES string of the molecule is C=CC(CCC1CNc2nc(N)nc(N)c21)c1ccc(C(=O)N[C@@H](CCC(=O)O)C(=O)O)cc1. The summed E-state index contributed by atoms with van der Waals surface area (Å²) in [5.41, 5.74) is 13.8. The van der Waals surface area contributed by atoms with Crippen molar-refractivity contribution in [2.24, 2.45) is 0 Å². The number of nitrogen functional groups attached to an aromatic ring is 2. The number of fused-ring (bicyclic) bond motifs is 1. The predicted octanol–water partition coefficient (Wildman–Crippen LogP) is 1.95. The first kappa shape index (κ1) is 24.5. The van der Waals surface area contributed by atoms with Crippen LogP contribution in [0.4, 0.5) is 17.6 Å². The minimum absolute atomic E-state index is 0.0272. The van der Waals surface area contributed by atoms with Crippen LogP contribution in [0, 0.1) is 0 Å². The molecule has 1 aliphatic rings. The summed E-state index contributed by atoms with van der Waals surface area (Å²) in [7, 11) is 0. The van der Waals surface area contributed by atoms with E-state index in [1.807, 2.05) is 6.08 Å². The van der Waals surface area contributed by atoms with Crippen LogP contribution in [0.3, 0.4) is 0 Å². The number of nitrogens with two attached hydrogens (primary N) is 2. The Morgan fingerprint density at radius 3 is 2.50 bits per heavy atom. The first-order chi connectivity index (χ1) is 16.2.